The molecule has 0 spiro atoms. The van der Waals surface area contributed by atoms with Gasteiger partial charge in [-0.05, 0) is 23.8 Å². The highest BCUT2D eigenvalue weighted by Crippen LogP contribution is 2.24. The van der Waals surface area contributed by atoms with E-state index in [1.165, 1.54) is 18.2 Å². The van der Waals surface area contributed by atoms with Gasteiger partial charge < -0.3 is 0 Å². The third-order valence-electron chi connectivity index (χ3n) is 2.39. The minimum absolute atomic E-state index is 0.181. The molecular formula is C14H11ClO2S. The predicted octanol–water partition coefficient (Wildman–Crippen LogP) is 3.70. The van der Waals surface area contributed by atoms with Crippen LogP contribution in [0, 0.1) is 0 Å². The molecule has 0 saturated carbocycles. The van der Waals surface area contributed by atoms with Gasteiger partial charge in [0.25, 0.3) is 0 Å². The van der Waals surface area contributed by atoms with E-state index < -0.39 is 9.84 Å². The van der Waals surface area contributed by atoms with Crippen molar-refractivity contribution >= 4 is 27.5 Å². The van der Waals surface area contributed by atoms with Crippen molar-refractivity contribution in [3.05, 3.63) is 70.6 Å². The van der Waals surface area contributed by atoms with E-state index in [0.717, 1.165) is 5.56 Å². The molecule has 0 aliphatic carbocycles. The Balaban J connectivity index is 2.40. The normalized spacial score (nSPS) is 12.4. The molecule has 0 amide bonds. The maximum absolute atomic E-state index is 12.1. The fraction of sp³-hybridized carbons (Fsp3) is 0. The standard InChI is InChI=1S/C14H11ClO2S/c15-14(11-12-7-3-1-4-8-12)18(16,17)13-9-5-2-6-10-13/h1-11H/b14-11+. The Bertz CT molecular complexity index is 647. The van der Waals surface area contributed by atoms with Crippen LogP contribution in [0.5, 0.6) is 0 Å². The van der Waals surface area contributed by atoms with Crippen LogP contribution in [-0.2, 0) is 9.84 Å². The van der Waals surface area contributed by atoms with Crippen molar-refractivity contribution in [2.24, 2.45) is 0 Å². The molecular weight excluding hydrogens is 268 g/mol. The first-order valence-corrected chi connectivity index (χ1v) is 7.19. The largest absolute Gasteiger partial charge is 0.218 e. The lowest BCUT2D eigenvalue weighted by atomic mass is 10.2. The molecule has 2 aromatic carbocycles. The molecule has 2 nitrogen and oxygen atoms in total. The second-order valence-corrected chi connectivity index (χ2v) is 6.23. The maximum Gasteiger partial charge on any atom is 0.217 e. The van der Waals surface area contributed by atoms with Crippen molar-refractivity contribution in [2.45, 2.75) is 4.90 Å². The topological polar surface area (TPSA) is 34.1 Å². The van der Waals surface area contributed by atoms with Gasteiger partial charge in [0.2, 0.25) is 9.84 Å². The smallest absolute Gasteiger partial charge is 0.217 e. The molecule has 2 aromatic rings. The average molecular weight is 279 g/mol. The van der Waals surface area contributed by atoms with Crippen LogP contribution >= 0.6 is 11.6 Å². The molecule has 4 heteroatoms. The van der Waals surface area contributed by atoms with Crippen molar-refractivity contribution in [3.63, 3.8) is 0 Å². The average Bonchev–Trinajstić information content (AvgIpc) is 2.41. The van der Waals surface area contributed by atoms with Gasteiger partial charge in [-0.3, -0.25) is 0 Å². The monoisotopic (exact) mass is 278 g/mol. The van der Waals surface area contributed by atoms with Gasteiger partial charge in [0.1, 0.15) is 4.36 Å². The Morgan fingerprint density at radius 2 is 1.39 bits per heavy atom. The molecule has 0 aliphatic rings. The molecule has 0 fully saturated rings. The lowest BCUT2D eigenvalue weighted by Crippen LogP contribution is -2.00. The fourth-order valence-electron chi connectivity index (χ4n) is 1.47. The van der Waals surface area contributed by atoms with Crippen molar-refractivity contribution < 1.29 is 8.42 Å². The molecule has 0 unspecified atom stereocenters. The Kier molecular flexibility index (Phi) is 3.84. The van der Waals surface area contributed by atoms with E-state index in [4.69, 9.17) is 11.6 Å². The van der Waals surface area contributed by atoms with Crippen molar-refractivity contribution in [2.75, 3.05) is 0 Å². The molecule has 0 N–H and O–H groups in total. The summed E-state index contributed by atoms with van der Waals surface area (Å²) >= 11 is 5.91. The molecule has 2 rings (SSSR count). The lowest BCUT2D eigenvalue weighted by Gasteiger charge is -2.02. The van der Waals surface area contributed by atoms with Crippen LogP contribution < -0.4 is 0 Å². The van der Waals surface area contributed by atoms with Gasteiger partial charge in [-0.2, -0.15) is 0 Å². The number of sulfone groups is 1. The zero-order valence-corrected chi connectivity index (χ0v) is 11.0. The van der Waals surface area contributed by atoms with E-state index in [-0.39, 0.29) is 9.26 Å². The summed E-state index contributed by atoms with van der Waals surface area (Å²) in [4.78, 5) is 0.196. The summed E-state index contributed by atoms with van der Waals surface area (Å²) in [5.41, 5.74) is 0.752. The summed E-state index contributed by atoms with van der Waals surface area (Å²) in [6.07, 6.45) is 1.45. The molecule has 0 saturated heterocycles. The van der Waals surface area contributed by atoms with E-state index in [9.17, 15) is 8.42 Å². The number of halogens is 1. The van der Waals surface area contributed by atoms with Crippen molar-refractivity contribution in [3.8, 4) is 0 Å². The molecule has 18 heavy (non-hydrogen) atoms. The van der Waals surface area contributed by atoms with Crippen molar-refractivity contribution in [1.82, 2.24) is 0 Å². The minimum Gasteiger partial charge on any atom is -0.218 e. The Morgan fingerprint density at radius 1 is 0.889 bits per heavy atom. The summed E-state index contributed by atoms with van der Waals surface area (Å²) in [6, 6.07) is 17.2. The summed E-state index contributed by atoms with van der Waals surface area (Å²) in [5.74, 6) is 0. The van der Waals surface area contributed by atoms with Crippen molar-refractivity contribution in [1.29, 1.82) is 0 Å². The molecule has 0 atom stereocenters. The number of hydrogen-bond donors (Lipinski definition) is 0. The van der Waals surface area contributed by atoms with Crippen LogP contribution in [0.1, 0.15) is 5.56 Å². The van der Waals surface area contributed by atoms with Gasteiger partial charge >= 0.3 is 0 Å². The number of hydrogen-bond acceptors (Lipinski definition) is 2. The van der Waals surface area contributed by atoms with Gasteiger partial charge in [-0.25, -0.2) is 8.42 Å². The molecule has 0 aromatic heterocycles. The first kappa shape index (κ1) is 12.9. The summed E-state index contributed by atoms with van der Waals surface area (Å²) < 4.78 is 24.1. The van der Waals surface area contributed by atoms with Crippen LogP contribution in [0.2, 0.25) is 0 Å². The highest BCUT2D eigenvalue weighted by molar-refractivity contribution is 7.97. The molecule has 0 bridgehead atoms. The fourth-order valence-corrected chi connectivity index (χ4v) is 2.90. The Morgan fingerprint density at radius 3 is 1.94 bits per heavy atom. The van der Waals surface area contributed by atoms with Gasteiger partial charge in [0.15, 0.2) is 0 Å². The second-order valence-electron chi connectivity index (χ2n) is 3.68. The number of rotatable bonds is 3. The Labute approximate surface area is 111 Å². The van der Waals surface area contributed by atoms with E-state index >= 15 is 0 Å². The third kappa shape index (κ3) is 2.81. The maximum atomic E-state index is 12.1. The van der Waals surface area contributed by atoms with Crippen LogP contribution in [0.15, 0.2) is 69.9 Å². The highest BCUT2D eigenvalue weighted by Gasteiger charge is 2.18. The zero-order valence-electron chi connectivity index (χ0n) is 9.45. The van der Waals surface area contributed by atoms with E-state index in [0.29, 0.717) is 0 Å². The van der Waals surface area contributed by atoms with Gasteiger partial charge in [-0.1, -0.05) is 60.1 Å². The van der Waals surface area contributed by atoms with E-state index in [2.05, 4.69) is 0 Å². The van der Waals surface area contributed by atoms with E-state index in [1.54, 1.807) is 30.3 Å². The summed E-state index contributed by atoms with van der Waals surface area (Å²) in [7, 11) is -3.61. The first-order chi connectivity index (χ1) is 8.60. The second kappa shape index (κ2) is 5.38. The summed E-state index contributed by atoms with van der Waals surface area (Å²) in [6.45, 7) is 0. The van der Waals surface area contributed by atoms with Gasteiger partial charge in [-0.15, -0.1) is 0 Å². The summed E-state index contributed by atoms with van der Waals surface area (Å²) in [5, 5.41) is 0. The highest BCUT2D eigenvalue weighted by atomic mass is 35.5. The minimum atomic E-state index is -3.61. The Hall–Kier alpha value is -1.58. The lowest BCUT2D eigenvalue weighted by molar-refractivity contribution is 0.604. The first-order valence-electron chi connectivity index (χ1n) is 5.33. The molecule has 0 radical (unpaired) electrons. The third-order valence-corrected chi connectivity index (χ3v) is 4.63. The SMILES string of the molecule is O=S(=O)(/C(Cl)=C/c1ccccc1)c1ccccc1. The van der Waals surface area contributed by atoms with Crippen LogP contribution in [0.4, 0.5) is 0 Å². The van der Waals surface area contributed by atoms with Crippen LogP contribution in [0.25, 0.3) is 6.08 Å². The molecule has 0 heterocycles. The molecule has 92 valence electrons. The molecule has 0 aliphatic heterocycles. The van der Waals surface area contributed by atoms with E-state index in [1.807, 2.05) is 18.2 Å². The van der Waals surface area contributed by atoms with Crippen LogP contribution in [-0.4, -0.2) is 8.42 Å². The number of benzene rings is 2. The quantitative estimate of drug-likeness (QED) is 0.858. The zero-order chi connectivity index (χ0) is 13.0. The predicted molar refractivity (Wildman–Crippen MR) is 73.9 cm³/mol. The van der Waals surface area contributed by atoms with Gasteiger partial charge in [0.05, 0.1) is 4.90 Å². The van der Waals surface area contributed by atoms with Gasteiger partial charge in [0, 0.05) is 0 Å². The van der Waals surface area contributed by atoms with Crippen LogP contribution in [0.3, 0.4) is 0 Å².